The van der Waals surface area contributed by atoms with Crippen LogP contribution in [0.15, 0.2) is 16.6 Å². The number of carbonyl (C=O) groups is 1. The zero-order valence-electron chi connectivity index (χ0n) is 6.93. The molecule has 3 nitrogen and oxygen atoms in total. The molecule has 0 saturated heterocycles. The standard InChI is InChI=1S/C9H9BrN2O/c10-8-4-5(11)3-7-6(8)1-2-12-9(7)13/h3-4H,1-2,11H2,(H,12,13). The van der Waals surface area contributed by atoms with E-state index >= 15 is 0 Å². The van der Waals surface area contributed by atoms with Gasteiger partial charge >= 0.3 is 0 Å². The molecule has 1 aliphatic heterocycles. The van der Waals surface area contributed by atoms with Crippen LogP contribution in [-0.4, -0.2) is 12.5 Å². The average Bonchev–Trinajstić information content (AvgIpc) is 2.07. The van der Waals surface area contributed by atoms with E-state index in [1.807, 2.05) is 6.07 Å². The first-order chi connectivity index (χ1) is 6.18. The highest BCUT2D eigenvalue weighted by molar-refractivity contribution is 9.10. The quantitative estimate of drug-likeness (QED) is 0.673. The number of rotatable bonds is 0. The fourth-order valence-corrected chi connectivity index (χ4v) is 2.19. The molecule has 68 valence electrons. The van der Waals surface area contributed by atoms with Gasteiger partial charge in [-0.1, -0.05) is 15.9 Å². The molecule has 0 aromatic heterocycles. The molecule has 1 aliphatic rings. The van der Waals surface area contributed by atoms with Gasteiger partial charge in [-0.2, -0.15) is 0 Å². The van der Waals surface area contributed by atoms with Gasteiger partial charge in [0.15, 0.2) is 0 Å². The smallest absolute Gasteiger partial charge is 0.251 e. The monoisotopic (exact) mass is 240 g/mol. The first kappa shape index (κ1) is 8.56. The van der Waals surface area contributed by atoms with Crippen molar-refractivity contribution in [1.29, 1.82) is 0 Å². The lowest BCUT2D eigenvalue weighted by molar-refractivity contribution is 0.0946. The molecule has 0 radical (unpaired) electrons. The Morgan fingerprint density at radius 3 is 3.00 bits per heavy atom. The molecule has 0 fully saturated rings. The van der Waals surface area contributed by atoms with Crippen LogP contribution in [0.2, 0.25) is 0 Å². The molecule has 13 heavy (non-hydrogen) atoms. The second-order valence-electron chi connectivity index (χ2n) is 3.03. The Balaban J connectivity index is 2.63. The van der Waals surface area contributed by atoms with Gasteiger partial charge in [-0.25, -0.2) is 0 Å². The van der Waals surface area contributed by atoms with E-state index in [2.05, 4.69) is 21.2 Å². The van der Waals surface area contributed by atoms with E-state index < -0.39 is 0 Å². The number of anilines is 1. The number of nitrogens with two attached hydrogens (primary N) is 1. The number of halogens is 1. The number of hydrogen-bond donors (Lipinski definition) is 2. The minimum absolute atomic E-state index is 0.0331. The van der Waals surface area contributed by atoms with Crippen molar-refractivity contribution in [1.82, 2.24) is 5.32 Å². The van der Waals surface area contributed by atoms with Gasteiger partial charge in [-0.3, -0.25) is 4.79 Å². The van der Waals surface area contributed by atoms with E-state index in [9.17, 15) is 4.79 Å². The first-order valence-electron chi connectivity index (χ1n) is 4.04. The van der Waals surface area contributed by atoms with E-state index in [0.717, 1.165) is 16.5 Å². The van der Waals surface area contributed by atoms with Crippen LogP contribution in [0.1, 0.15) is 15.9 Å². The van der Waals surface area contributed by atoms with Crippen molar-refractivity contribution >= 4 is 27.5 Å². The Hall–Kier alpha value is -1.03. The fourth-order valence-electron chi connectivity index (χ4n) is 1.51. The summed E-state index contributed by atoms with van der Waals surface area (Å²) >= 11 is 3.40. The van der Waals surface area contributed by atoms with Gasteiger partial charge in [-0.15, -0.1) is 0 Å². The van der Waals surface area contributed by atoms with Crippen LogP contribution in [0, 0.1) is 0 Å². The second kappa shape index (κ2) is 3.03. The molecule has 0 aliphatic carbocycles. The third-order valence-corrected chi connectivity index (χ3v) is 2.83. The SMILES string of the molecule is Nc1cc(Br)c2c(c1)C(=O)NCC2. The maximum Gasteiger partial charge on any atom is 0.251 e. The zero-order valence-corrected chi connectivity index (χ0v) is 8.52. The summed E-state index contributed by atoms with van der Waals surface area (Å²) in [5.74, 6) is -0.0331. The van der Waals surface area contributed by atoms with Gasteiger partial charge in [0.05, 0.1) is 0 Å². The molecule has 1 heterocycles. The molecular formula is C9H9BrN2O. The molecular weight excluding hydrogens is 232 g/mol. The highest BCUT2D eigenvalue weighted by atomic mass is 79.9. The number of nitrogen functional groups attached to an aromatic ring is 1. The molecule has 0 spiro atoms. The summed E-state index contributed by atoms with van der Waals surface area (Å²) in [5, 5.41) is 2.78. The van der Waals surface area contributed by atoms with Crippen molar-refractivity contribution in [3.05, 3.63) is 27.7 Å². The van der Waals surface area contributed by atoms with E-state index in [-0.39, 0.29) is 5.91 Å². The van der Waals surface area contributed by atoms with E-state index in [0.29, 0.717) is 17.8 Å². The molecule has 2 rings (SSSR count). The van der Waals surface area contributed by atoms with Crippen LogP contribution >= 0.6 is 15.9 Å². The van der Waals surface area contributed by atoms with E-state index in [4.69, 9.17) is 5.73 Å². The van der Waals surface area contributed by atoms with Crippen molar-refractivity contribution in [2.75, 3.05) is 12.3 Å². The van der Waals surface area contributed by atoms with E-state index in [1.54, 1.807) is 6.07 Å². The van der Waals surface area contributed by atoms with Crippen LogP contribution in [0.3, 0.4) is 0 Å². The Kier molecular flexibility index (Phi) is 2.00. The average molecular weight is 241 g/mol. The molecule has 3 N–H and O–H groups in total. The van der Waals surface area contributed by atoms with Crippen LogP contribution < -0.4 is 11.1 Å². The molecule has 0 saturated carbocycles. The number of carbonyl (C=O) groups excluding carboxylic acids is 1. The maximum absolute atomic E-state index is 11.4. The van der Waals surface area contributed by atoms with Crippen molar-refractivity contribution in [2.24, 2.45) is 0 Å². The Labute approximate surface area is 84.4 Å². The Morgan fingerprint density at radius 2 is 2.23 bits per heavy atom. The summed E-state index contributed by atoms with van der Waals surface area (Å²) in [6, 6.07) is 3.55. The van der Waals surface area contributed by atoms with Crippen molar-refractivity contribution < 1.29 is 4.79 Å². The van der Waals surface area contributed by atoms with Gasteiger partial charge in [-0.05, 0) is 24.1 Å². The summed E-state index contributed by atoms with van der Waals surface area (Å²) < 4.78 is 0.928. The number of nitrogens with one attached hydrogen (secondary N) is 1. The lowest BCUT2D eigenvalue weighted by Gasteiger charge is -2.18. The lowest BCUT2D eigenvalue weighted by Crippen LogP contribution is -2.32. The number of benzene rings is 1. The molecule has 1 aromatic rings. The molecule has 4 heteroatoms. The number of amides is 1. The summed E-state index contributed by atoms with van der Waals surface area (Å²) in [6.07, 6.45) is 0.863. The summed E-state index contributed by atoms with van der Waals surface area (Å²) in [5.41, 5.74) is 7.99. The minimum Gasteiger partial charge on any atom is -0.399 e. The summed E-state index contributed by atoms with van der Waals surface area (Å²) in [6.45, 7) is 0.703. The Bertz CT molecular complexity index is 376. The summed E-state index contributed by atoms with van der Waals surface area (Å²) in [4.78, 5) is 11.4. The van der Waals surface area contributed by atoms with Gasteiger partial charge in [0.25, 0.3) is 5.91 Å². The topological polar surface area (TPSA) is 55.1 Å². The van der Waals surface area contributed by atoms with Crippen LogP contribution in [-0.2, 0) is 6.42 Å². The van der Waals surface area contributed by atoms with Crippen LogP contribution in [0.25, 0.3) is 0 Å². The highest BCUT2D eigenvalue weighted by Gasteiger charge is 2.18. The predicted molar refractivity (Wildman–Crippen MR) is 54.6 cm³/mol. The lowest BCUT2D eigenvalue weighted by atomic mass is 10.00. The van der Waals surface area contributed by atoms with Crippen molar-refractivity contribution in [3.63, 3.8) is 0 Å². The van der Waals surface area contributed by atoms with Gasteiger partial charge in [0.2, 0.25) is 0 Å². The summed E-state index contributed by atoms with van der Waals surface area (Å²) in [7, 11) is 0. The normalized spacial score (nSPS) is 15.0. The molecule has 1 amide bonds. The second-order valence-corrected chi connectivity index (χ2v) is 3.89. The third kappa shape index (κ3) is 1.42. The minimum atomic E-state index is -0.0331. The van der Waals surface area contributed by atoms with Crippen LogP contribution in [0.4, 0.5) is 5.69 Å². The molecule has 1 aromatic carbocycles. The van der Waals surface area contributed by atoms with Crippen molar-refractivity contribution in [3.8, 4) is 0 Å². The van der Waals surface area contributed by atoms with Gasteiger partial charge in [0.1, 0.15) is 0 Å². The van der Waals surface area contributed by atoms with Crippen molar-refractivity contribution in [2.45, 2.75) is 6.42 Å². The largest absolute Gasteiger partial charge is 0.399 e. The van der Waals surface area contributed by atoms with E-state index in [1.165, 1.54) is 0 Å². The predicted octanol–water partition coefficient (Wildman–Crippen LogP) is 1.32. The first-order valence-corrected chi connectivity index (χ1v) is 4.84. The fraction of sp³-hybridized carbons (Fsp3) is 0.222. The Morgan fingerprint density at radius 1 is 1.46 bits per heavy atom. The molecule has 0 atom stereocenters. The molecule has 0 unspecified atom stereocenters. The third-order valence-electron chi connectivity index (χ3n) is 2.12. The maximum atomic E-state index is 11.4. The van der Waals surface area contributed by atoms with Crippen LogP contribution in [0.5, 0.6) is 0 Å². The zero-order chi connectivity index (χ0) is 9.42. The number of fused-ring (bicyclic) bond motifs is 1. The highest BCUT2D eigenvalue weighted by Crippen LogP contribution is 2.26. The van der Waals surface area contributed by atoms with Gasteiger partial charge < -0.3 is 11.1 Å². The van der Waals surface area contributed by atoms with Gasteiger partial charge in [0, 0.05) is 22.3 Å². The number of hydrogen-bond acceptors (Lipinski definition) is 2. The molecule has 0 bridgehead atoms.